The number of nitrogens with zero attached hydrogens (tertiary/aromatic N) is 2. The number of likely N-dealkylation sites (tertiary alicyclic amines) is 1. The summed E-state index contributed by atoms with van der Waals surface area (Å²) in [6, 6.07) is 6.40. The highest BCUT2D eigenvalue weighted by molar-refractivity contribution is 5.67. The van der Waals surface area contributed by atoms with Gasteiger partial charge >= 0.3 is 0 Å². The second kappa shape index (κ2) is 5.28. The Morgan fingerprint density at radius 1 is 1.10 bits per heavy atom. The third-order valence-corrected chi connectivity index (χ3v) is 4.81. The van der Waals surface area contributed by atoms with Crippen molar-refractivity contribution in [1.82, 2.24) is 4.90 Å². The number of benzene rings is 1. The Balaban J connectivity index is 1.70. The highest BCUT2D eigenvalue weighted by Gasteiger charge is 2.34. The van der Waals surface area contributed by atoms with Gasteiger partial charge in [0, 0.05) is 36.4 Å². The third-order valence-electron chi connectivity index (χ3n) is 4.81. The molecule has 20 heavy (non-hydrogen) atoms. The van der Waals surface area contributed by atoms with E-state index in [2.05, 4.69) is 35.8 Å². The van der Waals surface area contributed by atoms with Crippen LogP contribution in [0.1, 0.15) is 38.7 Å². The molecule has 1 fully saturated rings. The molecule has 0 spiro atoms. The fraction of sp³-hybridized carbons (Fsp3) is 0.647. The molecule has 3 rings (SSSR count). The van der Waals surface area contributed by atoms with Crippen LogP contribution >= 0.6 is 0 Å². The Morgan fingerprint density at radius 3 is 2.60 bits per heavy atom. The lowest BCUT2D eigenvalue weighted by Gasteiger charge is -2.30. The van der Waals surface area contributed by atoms with E-state index in [1.807, 2.05) is 6.07 Å². The quantitative estimate of drug-likeness (QED) is 0.860. The predicted molar refractivity (Wildman–Crippen MR) is 86.4 cm³/mol. The summed E-state index contributed by atoms with van der Waals surface area (Å²) >= 11 is 0. The van der Waals surface area contributed by atoms with E-state index < -0.39 is 0 Å². The van der Waals surface area contributed by atoms with Crippen LogP contribution in [0.25, 0.3) is 0 Å². The summed E-state index contributed by atoms with van der Waals surface area (Å²) in [5.41, 5.74) is 9.91. The number of nitrogen functional groups attached to an aromatic ring is 1. The summed E-state index contributed by atoms with van der Waals surface area (Å²) in [4.78, 5) is 5.14. The summed E-state index contributed by atoms with van der Waals surface area (Å²) in [6.07, 6.45) is 4.15. The first-order chi connectivity index (χ1) is 9.56. The fourth-order valence-electron chi connectivity index (χ4n) is 3.67. The molecule has 110 valence electrons. The summed E-state index contributed by atoms with van der Waals surface area (Å²) in [7, 11) is 0. The minimum absolute atomic E-state index is 0.241. The van der Waals surface area contributed by atoms with Gasteiger partial charge in [0.15, 0.2) is 0 Å². The Bertz CT molecular complexity index is 475. The lowest BCUT2D eigenvalue weighted by Crippen LogP contribution is -2.38. The zero-order valence-electron chi connectivity index (χ0n) is 12.9. The zero-order chi connectivity index (χ0) is 14.2. The van der Waals surface area contributed by atoms with Crippen molar-refractivity contribution in [2.45, 2.75) is 38.5 Å². The summed E-state index contributed by atoms with van der Waals surface area (Å²) in [5, 5.41) is 0. The lowest BCUT2D eigenvalue weighted by atomic mass is 9.87. The number of piperidine rings is 1. The van der Waals surface area contributed by atoms with Gasteiger partial charge in [0.05, 0.1) is 0 Å². The number of rotatable bonds is 3. The molecular formula is C17H27N3. The smallest absolute Gasteiger partial charge is 0.0426 e. The molecule has 0 aliphatic carbocycles. The van der Waals surface area contributed by atoms with E-state index in [0.717, 1.165) is 18.8 Å². The number of fused-ring (bicyclic) bond motifs is 1. The zero-order valence-corrected chi connectivity index (χ0v) is 12.9. The highest BCUT2D eigenvalue weighted by atomic mass is 15.2. The molecule has 2 aliphatic rings. The van der Waals surface area contributed by atoms with Crippen molar-refractivity contribution in [3.05, 3.63) is 23.8 Å². The minimum Gasteiger partial charge on any atom is -0.399 e. The molecule has 0 saturated carbocycles. The summed E-state index contributed by atoms with van der Waals surface area (Å²) in [5.74, 6) is 0. The van der Waals surface area contributed by atoms with Gasteiger partial charge in [-0.3, -0.25) is 0 Å². The van der Waals surface area contributed by atoms with E-state index in [-0.39, 0.29) is 5.41 Å². The van der Waals surface area contributed by atoms with E-state index in [1.165, 1.54) is 50.1 Å². The number of hydrogen-bond donors (Lipinski definition) is 1. The first kappa shape index (κ1) is 13.7. The van der Waals surface area contributed by atoms with Crippen LogP contribution in [-0.2, 0) is 5.41 Å². The molecule has 1 aromatic rings. The van der Waals surface area contributed by atoms with E-state index in [9.17, 15) is 0 Å². The van der Waals surface area contributed by atoms with Crippen molar-refractivity contribution in [3.8, 4) is 0 Å². The lowest BCUT2D eigenvalue weighted by molar-refractivity contribution is 0.233. The minimum atomic E-state index is 0.241. The fourth-order valence-corrected chi connectivity index (χ4v) is 3.67. The maximum atomic E-state index is 5.98. The first-order valence-corrected chi connectivity index (χ1v) is 7.94. The molecule has 3 heteroatoms. The SMILES string of the molecule is CC1(C)CN(CCN2CCCCC2)c2cc(N)ccc21. The van der Waals surface area contributed by atoms with E-state index in [1.54, 1.807) is 0 Å². The Morgan fingerprint density at radius 2 is 1.85 bits per heavy atom. The van der Waals surface area contributed by atoms with Crippen LogP contribution in [0.15, 0.2) is 18.2 Å². The van der Waals surface area contributed by atoms with Gasteiger partial charge in [-0.15, -0.1) is 0 Å². The van der Waals surface area contributed by atoms with Gasteiger partial charge < -0.3 is 15.5 Å². The normalized spacial score (nSPS) is 22.0. The van der Waals surface area contributed by atoms with Gasteiger partial charge in [0.25, 0.3) is 0 Å². The van der Waals surface area contributed by atoms with Crippen molar-refractivity contribution in [1.29, 1.82) is 0 Å². The van der Waals surface area contributed by atoms with Crippen molar-refractivity contribution in [3.63, 3.8) is 0 Å². The van der Waals surface area contributed by atoms with E-state index >= 15 is 0 Å². The highest BCUT2D eigenvalue weighted by Crippen LogP contribution is 2.41. The molecule has 0 amide bonds. The third kappa shape index (κ3) is 2.64. The van der Waals surface area contributed by atoms with Crippen molar-refractivity contribution in [2.24, 2.45) is 0 Å². The second-order valence-corrected chi connectivity index (χ2v) is 6.98. The van der Waals surface area contributed by atoms with Crippen LogP contribution < -0.4 is 10.6 Å². The van der Waals surface area contributed by atoms with E-state index in [0.29, 0.717) is 0 Å². The van der Waals surface area contributed by atoms with Crippen LogP contribution in [0.4, 0.5) is 11.4 Å². The molecule has 0 aromatic heterocycles. The van der Waals surface area contributed by atoms with Crippen molar-refractivity contribution in [2.75, 3.05) is 43.4 Å². The van der Waals surface area contributed by atoms with Gasteiger partial charge in [-0.2, -0.15) is 0 Å². The van der Waals surface area contributed by atoms with Crippen LogP contribution in [0.3, 0.4) is 0 Å². The molecule has 0 bridgehead atoms. The Kier molecular flexibility index (Phi) is 3.63. The van der Waals surface area contributed by atoms with Gasteiger partial charge in [-0.1, -0.05) is 26.3 Å². The van der Waals surface area contributed by atoms with E-state index in [4.69, 9.17) is 5.73 Å². The van der Waals surface area contributed by atoms with Crippen LogP contribution in [-0.4, -0.2) is 37.6 Å². The monoisotopic (exact) mass is 273 g/mol. The van der Waals surface area contributed by atoms with Gasteiger partial charge in [-0.25, -0.2) is 0 Å². The molecule has 0 radical (unpaired) electrons. The first-order valence-electron chi connectivity index (χ1n) is 7.94. The molecule has 2 heterocycles. The Hall–Kier alpha value is -1.22. The number of anilines is 2. The average molecular weight is 273 g/mol. The average Bonchev–Trinajstić information content (AvgIpc) is 2.68. The summed E-state index contributed by atoms with van der Waals surface area (Å²) in [6.45, 7) is 10.7. The molecule has 0 unspecified atom stereocenters. The molecule has 2 N–H and O–H groups in total. The van der Waals surface area contributed by atoms with Gasteiger partial charge in [0.2, 0.25) is 0 Å². The molecule has 3 nitrogen and oxygen atoms in total. The molecule has 0 atom stereocenters. The van der Waals surface area contributed by atoms with Crippen LogP contribution in [0.5, 0.6) is 0 Å². The van der Waals surface area contributed by atoms with Gasteiger partial charge in [-0.05, 0) is 43.6 Å². The number of hydrogen-bond acceptors (Lipinski definition) is 3. The topological polar surface area (TPSA) is 32.5 Å². The van der Waals surface area contributed by atoms with Crippen LogP contribution in [0, 0.1) is 0 Å². The maximum absolute atomic E-state index is 5.98. The Labute approximate surface area is 122 Å². The van der Waals surface area contributed by atoms with Crippen molar-refractivity contribution >= 4 is 11.4 Å². The molecule has 1 aromatic carbocycles. The molecular weight excluding hydrogens is 246 g/mol. The van der Waals surface area contributed by atoms with Gasteiger partial charge in [0.1, 0.15) is 0 Å². The predicted octanol–water partition coefficient (Wildman–Crippen LogP) is 2.85. The molecule has 2 aliphatic heterocycles. The maximum Gasteiger partial charge on any atom is 0.0426 e. The molecule has 1 saturated heterocycles. The van der Waals surface area contributed by atoms with Crippen LogP contribution in [0.2, 0.25) is 0 Å². The summed E-state index contributed by atoms with van der Waals surface area (Å²) < 4.78 is 0. The second-order valence-electron chi connectivity index (χ2n) is 6.98. The largest absolute Gasteiger partial charge is 0.399 e. The standard InChI is InChI=1S/C17H27N3/c1-17(2)13-20(11-10-19-8-4-3-5-9-19)16-12-14(18)6-7-15(16)17/h6-7,12H,3-5,8-11,13,18H2,1-2H3. The number of nitrogens with two attached hydrogens (primary N) is 1. The van der Waals surface area contributed by atoms with Crippen molar-refractivity contribution < 1.29 is 0 Å².